The van der Waals surface area contributed by atoms with E-state index in [4.69, 9.17) is 23.2 Å². The number of halogens is 5. The molecule has 0 fully saturated rings. The highest BCUT2D eigenvalue weighted by atomic mass is 35.5. The van der Waals surface area contributed by atoms with Gasteiger partial charge in [-0.25, -0.2) is 4.98 Å². The summed E-state index contributed by atoms with van der Waals surface area (Å²) in [4.78, 5) is 4.29. The van der Waals surface area contributed by atoms with Gasteiger partial charge in [-0.05, 0) is 29.8 Å². The highest BCUT2D eigenvalue weighted by molar-refractivity contribution is 6.42. The van der Waals surface area contributed by atoms with E-state index in [9.17, 15) is 13.2 Å². The van der Waals surface area contributed by atoms with Crippen LogP contribution in [0, 0.1) is 0 Å². The molecule has 7 heteroatoms. The fourth-order valence-corrected chi connectivity index (χ4v) is 2.56. The lowest BCUT2D eigenvalue weighted by molar-refractivity contribution is -0.137. The number of benzene rings is 2. The normalized spacial score (nSPS) is 11.7. The van der Waals surface area contributed by atoms with Crippen molar-refractivity contribution in [3.63, 3.8) is 0 Å². The quantitative estimate of drug-likeness (QED) is 0.559. The molecule has 0 aliphatic rings. The summed E-state index contributed by atoms with van der Waals surface area (Å²) < 4.78 is 39.5. The summed E-state index contributed by atoms with van der Waals surface area (Å²) in [7, 11) is 0. The lowest BCUT2D eigenvalue weighted by Gasteiger charge is -2.08. The maximum atomic E-state index is 12.6. The Labute approximate surface area is 146 Å². The molecule has 0 aliphatic carbocycles. The number of hydrogen-bond donors (Lipinski definition) is 0. The maximum absolute atomic E-state index is 12.6. The third-order valence-corrected chi connectivity index (χ3v) is 4.23. The van der Waals surface area contributed by atoms with Crippen LogP contribution in [-0.4, -0.2) is 9.55 Å². The van der Waals surface area contributed by atoms with Crippen molar-refractivity contribution in [3.8, 4) is 11.3 Å². The van der Waals surface area contributed by atoms with E-state index < -0.39 is 11.7 Å². The Morgan fingerprint density at radius 2 is 1.67 bits per heavy atom. The van der Waals surface area contributed by atoms with Crippen LogP contribution < -0.4 is 0 Å². The SMILES string of the molecule is FC(F)(F)c1ccc(Cn2cnc(-c3ccc(Cl)c(Cl)c3)c2)cc1. The zero-order valence-electron chi connectivity index (χ0n) is 12.2. The summed E-state index contributed by atoms with van der Waals surface area (Å²) in [5, 5.41) is 0.899. The number of hydrogen-bond acceptors (Lipinski definition) is 1. The number of nitrogens with zero attached hydrogens (tertiary/aromatic N) is 2. The molecule has 0 bridgehead atoms. The largest absolute Gasteiger partial charge is 0.416 e. The molecule has 0 unspecified atom stereocenters. The molecule has 0 saturated heterocycles. The monoisotopic (exact) mass is 370 g/mol. The van der Waals surface area contributed by atoms with E-state index in [1.807, 2.05) is 0 Å². The van der Waals surface area contributed by atoms with Crippen molar-refractivity contribution in [1.82, 2.24) is 9.55 Å². The standard InChI is InChI=1S/C17H11Cl2F3N2/c18-14-6-3-12(7-15(14)19)16-9-24(10-23-16)8-11-1-4-13(5-2-11)17(20,21)22/h1-7,9-10H,8H2. The minimum absolute atomic E-state index is 0.423. The molecule has 0 aliphatic heterocycles. The molecule has 1 aromatic heterocycles. The Kier molecular flexibility index (Phi) is 4.56. The highest BCUT2D eigenvalue weighted by Gasteiger charge is 2.29. The molecule has 124 valence electrons. The fraction of sp³-hybridized carbons (Fsp3) is 0.118. The number of rotatable bonds is 3. The first-order valence-corrected chi connectivity index (χ1v) is 7.72. The zero-order valence-corrected chi connectivity index (χ0v) is 13.7. The third-order valence-electron chi connectivity index (χ3n) is 3.50. The average Bonchev–Trinajstić information content (AvgIpc) is 2.98. The van der Waals surface area contributed by atoms with Gasteiger partial charge in [-0.15, -0.1) is 0 Å². The van der Waals surface area contributed by atoms with Gasteiger partial charge in [0.05, 0.1) is 27.6 Å². The van der Waals surface area contributed by atoms with Crippen LogP contribution in [0.3, 0.4) is 0 Å². The van der Waals surface area contributed by atoms with E-state index in [0.29, 0.717) is 22.3 Å². The molecular formula is C17H11Cl2F3N2. The number of aromatic nitrogens is 2. The summed E-state index contributed by atoms with van der Waals surface area (Å²) in [5.74, 6) is 0. The van der Waals surface area contributed by atoms with Crippen molar-refractivity contribution < 1.29 is 13.2 Å². The van der Waals surface area contributed by atoms with E-state index in [2.05, 4.69) is 4.98 Å². The lowest BCUT2D eigenvalue weighted by Crippen LogP contribution is -2.05. The van der Waals surface area contributed by atoms with Crippen LogP contribution >= 0.6 is 23.2 Å². The average molecular weight is 371 g/mol. The Balaban J connectivity index is 1.77. The van der Waals surface area contributed by atoms with Crippen molar-refractivity contribution in [2.24, 2.45) is 0 Å². The fourth-order valence-electron chi connectivity index (χ4n) is 2.26. The van der Waals surface area contributed by atoms with E-state index >= 15 is 0 Å². The molecule has 2 aromatic carbocycles. The van der Waals surface area contributed by atoms with Crippen molar-refractivity contribution in [2.75, 3.05) is 0 Å². The van der Waals surface area contributed by atoms with Gasteiger partial charge in [-0.1, -0.05) is 41.4 Å². The van der Waals surface area contributed by atoms with Crippen molar-refractivity contribution in [2.45, 2.75) is 12.7 Å². The summed E-state index contributed by atoms with van der Waals surface area (Å²) in [6.07, 6.45) is -0.901. The first kappa shape index (κ1) is 16.9. The van der Waals surface area contributed by atoms with Gasteiger partial charge in [0, 0.05) is 18.3 Å². The van der Waals surface area contributed by atoms with E-state index in [-0.39, 0.29) is 0 Å². The lowest BCUT2D eigenvalue weighted by atomic mass is 10.1. The first-order chi connectivity index (χ1) is 11.3. The predicted molar refractivity (Wildman–Crippen MR) is 88.2 cm³/mol. The van der Waals surface area contributed by atoms with Crippen molar-refractivity contribution in [1.29, 1.82) is 0 Å². The summed E-state index contributed by atoms with van der Waals surface area (Å²) in [6.45, 7) is 0.423. The van der Waals surface area contributed by atoms with Gasteiger partial charge in [0.15, 0.2) is 0 Å². The summed E-state index contributed by atoms with van der Waals surface area (Å²) >= 11 is 11.9. The van der Waals surface area contributed by atoms with Gasteiger partial charge < -0.3 is 4.57 Å². The van der Waals surface area contributed by atoms with Crippen LogP contribution in [0.4, 0.5) is 13.2 Å². The van der Waals surface area contributed by atoms with Gasteiger partial charge in [0.2, 0.25) is 0 Å². The highest BCUT2D eigenvalue weighted by Crippen LogP contribution is 2.30. The van der Waals surface area contributed by atoms with Crippen LogP contribution in [0.2, 0.25) is 10.0 Å². The second-order valence-corrected chi connectivity index (χ2v) is 6.07. The predicted octanol–water partition coefficient (Wildman–Crippen LogP) is 5.92. The Hall–Kier alpha value is -1.98. The molecule has 0 atom stereocenters. The molecule has 0 spiro atoms. The van der Waals surface area contributed by atoms with E-state index in [0.717, 1.165) is 23.3 Å². The molecule has 0 radical (unpaired) electrons. The van der Waals surface area contributed by atoms with Gasteiger partial charge in [0.1, 0.15) is 0 Å². The van der Waals surface area contributed by atoms with E-state index in [1.54, 1.807) is 35.3 Å². The van der Waals surface area contributed by atoms with Gasteiger partial charge in [-0.2, -0.15) is 13.2 Å². The molecule has 2 nitrogen and oxygen atoms in total. The molecule has 3 rings (SSSR count). The minimum atomic E-state index is -4.32. The van der Waals surface area contributed by atoms with E-state index in [1.165, 1.54) is 12.1 Å². The second kappa shape index (κ2) is 6.49. The molecule has 0 saturated carbocycles. The van der Waals surface area contributed by atoms with Crippen LogP contribution in [0.25, 0.3) is 11.3 Å². The van der Waals surface area contributed by atoms with Gasteiger partial charge >= 0.3 is 6.18 Å². The zero-order chi connectivity index (χ0) is 17.3. The minimum Gasteiger partial charge on any atom is -0.332 e. The molecule has 3 aromatic rings. The first-order valence-electron chi connectivity index (χ1n) is 6.96. The topological polar surface area (TPSA) is 17.8 Å². The van der Waals surface area contributed by atoms with Crippen LogP contribution in [0.1, 0.15) is 11.1 Å². The summed E-state index contributed by atoms with van der Waals surface area (Å²) in [6, 6.07) is 10.3. The molecule has 0 N–H and O–H groups in total. The second-order valence-electron chi connectivity index (χ2n) is 5.25. The summed E-state index contributed by atoms with van der Waals surface area (Å²) in [5.41, 5.74) is 1.62. The van der Waals surface area contributed by atoms with Crippen LogP contribution in [-0.2, 0) is 12.7 Å². The van der Waals surface area contributed by atoms with Crippen molar-refractivity contribution in [3.05, 3.63) is 76.2 Å². The Morgan fingerprint density at radius 1 is 0.958 bits per heavy atom. The van der Waals surface area contributed by atoms with Gasteiger partial charge in [0.25, 0.3) is 0 Å². The molecule has 1 heterocycles. The molecular weight excluding hydrogens is 360 g/mol. The van der Waals surface area contributed by atoms with Crippen molar-refractivity contribution >= 4 is 23.2 Å². The molecule has 0 amide bonds. The molecule has 24 heavy (non-hydrogen) atoms. The Bertz CT molecular complexity index is 855. The third kappa shape index (κ3) is 3.74. The number of imidazole rings is 1. The Morgan fingerprint density at radius 3 is 2.29 bits per heavy atom. The van der Waals surface area contributed by atoms with Gasteiger partial charge in [-0.3, -0.25) is 0 Å². The van der Waals surface area contributed by atoms with Crippen LogP contribution in [0.15, 0.2) is 55.0 Å². The van der Waals surface area contributed by atoms with Crippen LogP contribution in [0.5, 0.6) is 0 Å². The maximum Gasteiger partial charge on any atom is 0.416 e. The number of alkyl halides is 3. The smallest absolute Gasteiger partial charge is 0.332 e.